The van der Waals surface area contributed by atoms with E-state index in [0.717, 1.165) is 20.0 Å². The first-order valence-electron chi connectivity index (χ1n) is 4.16. The maximum atomic E-state index is 10.0. The van der Waals surface area contributed by atoms with Crippen LogP contribution >= 0.6 is 27.3 Å². The number of rotatable bonds is 2. The first kappa shape index (κ1) is 9.96. The number of furan rings is 1. The van der Waals surface area contributed by atoms with Gasteiger partial charge in [-0.2, -0.15) is 0 Å². The molecule has 0 radical (unpaired) electrons. The van der Waals surface area contributed by atoms with Gasteiger partial charge in [0.05, 0.1) is 10.0 Å². The van der Waals surface area contributed by atoms with Gasteiger partial charge in [-0.3, -0.25) is 0 Å². The molecule has 0 aromatic carbocycles. The van der Waals surface area contributed by atoms with Crippen LogP contribution in [-0.4, -0.2) is 5.11 Å². The van der Waals surface area contributed by atoms with Crippen LogP contribution in [0.15, 0.2) is 32.7 Å². The summed E-state index contributed by atoms with van der Waals surface area (Å²) in [6, 6.07) is 5.64. The lowest BCUT2D eigenvalue weighted by molar-refractivity contribution is 0.222. The van der Waals surface area contributed by atoms with Crippen molar-refractivity contribution in [2.45, 2.75) is 13.0 Å². The molecule has 1 atom stereocenters. The summed E-state index contributed by atoms with van der Waals surface area (Å²) in [6.45, 7) is 1.85. The molecule has 2 rings (SSSR count). The third-order valence-corrected chi connectivity index (χ3v) is 3.73. The SMILES string of the molecule is Cc1occc1C(O)c1ccc(Br)s1. The number of aryl methyl sites for hydroxylation is 1. The molecule has 0 bridgehead atoms. The highest BCUT2D eigenvalue weighted by atomic mass is 79.9. The van der Waals surface area contributed by atoms with Crippen molar-refractivity contribution in [3.63, 3.8) is 0 Å². The molecule has 0 saturated heterocycles. The molecular formula is C10H9BrO2S. The third kappa shape index (κ3) is 1.78. The van der Waals surface area contributed by atoms with Crippen molar-refractivity contribution in [3.05, 3.63) is 44.4 Å². The Balaban J connectivity index is 2.33. The average molecular weight is 273 g/mol. The van der Waals surface area contributed by atoms with Crippen LogP contribution in [0.5, 0.6) is 0 Å². The lowest BCUT2D eigenvalue weighted by Crippen LogP contribution is -1.96. The standard InChI is InChI=1S/C10H9BrO2S/c1-6-7(4-5-13-6)10(12)8-2-3-9(11)14-8/h2-5,10,12H,1H3. The molecule has 1 unspecified atom stereocenters. The smallest absolute Gasteiger partial charge is 0.117 e. The van der Waals surface area contributed by atoms with E-state index < -0.39 is 6.10 Å². The third-order valence-electron chi connectivity index (χ3n) is 2.06. The molecule has 0 spiro atoms. The zero-order valence-corrected chi connectivity index (χ0v) is 9.93. The van der Waals surface area contributed by atoms with Gasteiger partial charge in [0, 0.05) is 10.4 Å². The van der Waals surface area contributed by atoms with E-state index in [4.69, 9.17) is 4.42 Å². The second-order valence-corrected chi connectivity index (χ2v) is 5.47. The summed E-state index contributed by atoms with van der Waals surface area (Å²) in [4.78, 5) is 0.918. The molecular weight excluding hydrogens is 264 g/mol. The molecule has 0 fully saturated rings. The molecule has 0 saturated carbocycles. The van der Waals surface area contributed by atoms with Crippen LogP contribution in [0.1, 0.15) is 22.3 Å². The average Bonchev–Trinajstić information content (AvgIpc) is 2.73. The molecule has 0 aliphatic heterocycles. The Labute approximate surface area is 94.3 Å². The van der Waals surface area contributed by atoms with E-state index in [0.29, 0.717) is 0 Å². The van der Waals surface area contributed by atoms with Crippen LogP contribution in [-0.2, 0) is 0 Å². The Morgan fingerprint density at radius 3 is 2.71 bits per heavy atom. The summed E-state index contributed by atoms with van der Waals surface area (Å²) in [7, 11) is 0. The molecule has 0 aliphatic carbocycles. The van der Waals surface area contributed by atoms with Gasteiger partial charge in [0.25, 0.3) is 0 Å². The van der Waals surface area contributed by atoms with Crippen molar-refractivity contribution in [2.24, 2.45) is 0 Å². The van der Waals surface area contributed by atoms with E-state index in [1.807, 2.05) is 19.1 Å². The molecule has 2 nitrogen and oxygen atoms in total. The number of hydrogen-bond acceptors (Lipinski definition) is 3. The largest absolute Gasteiger partial charge is 0.469 e. The maximum Gasteiger partial charge on any atom is 0.117 e. The van der Waals surface area contributed by atoms with Crippen molar-refractivity contribution >= 4 is 27.3 Å². The summed E-state index contributed by atoms with van der Waals surface area (Å²) in [5, 5.41) is 10.0. The summed E-state index contributed by atoms with van der Waals surface area (Å²) in [5.74, 6) is 0.766. The van der Waals surface area contributed by atoms with Crippen molar-refractivity contribution in [2.75, 3.05) is 0 Å². The molecule has 2 aromatic heterocycles. The van der Waals surface area contributed by atoms with Crippen LogP contribution in [0, 0.1) is 6.92 Å². The highest BCUT2D eigenvalue weighted by Gasteiger charge is 2.16. The number of hydrogen-bond donors (Lipinski definition) is 1. The van der Waals surface area contributed by atoms with Gasteiger partial charge in [-0.1, -0.05) is 0 Å². The van der Waals surface area contributed by atoms with Crippen molar-refractivity contribution in [3.8, 4) is 0 Å². The fourth-order valence-electron chi connectivity index (χ4n) is 1.31. The number of aliphatic hydroxyl groups excluding tert-OH is 1. The zero-order chi connectivity index (χ0) is 10.1. The first-order valence-corrected chi connectivity index (χ1v) is 5.76. The van der Waals surface area contributed by atoms with Crippen LogP contribution in [0.4, 0.5) is 0 Å². The van der Waals surface area contributed by atoms with Gasteiger partial charge in [0.2, 0.25) is 0 Å². The molecule has 74 valence electrons. The molecule has 2 heterocycles. The van der Waals surface area contributed by atoms with E-state index in [2.05, 4.69) is 15.9 Å². The molecule has 4 heteroatoms. The predicted octanol–water partition coefficient (Wildman–Crippen LogP) is 3.49. The number of thiophene rings is 1. The van der Waals surface area contributed by atoms with Gasteiger partial charge in [0.1, 0.15) is 11.9 Å². The quantitative estimate of drug-likeness (QED) is 0.908. The van der Waals surface area contributed by atoms with Crippen molar-refractivity contribution < 1.29 is 9.52 Å². The summed E-state index contributed by atoms with van der Waals surface area (Å²) in [5.41, 5.74) is 0.833. The van der Waals surface area contributed by atoms with E-state index >= 15 is 0 Å². The summed E-state index contributed by atoms with van der Waals surface area (Å²) >= 11 is 4.89. The molecule has 0 amide bonds. The first-order chi connectivity index (χ1) is 6.68. The highest BCUT2D eigenvalue weighted by molar-refractivity contribution is 9.11. The topological polar surface area (TPSA) is 33.4 Å². The van der Waals surface area contributed by atoms with Crippen molar-refractivity contribution in [1.29, 1.82) is 0 Å². The normalized spacial score (nSPS) is 13.1. The van der Waals surface area contributed by atoms with Gasteiger partial charge < -0.3 is 9.52 Å². The van der Waals surface area contributed by atoms with Crippen LogP contribution in [0.3, 0.4) is 0 Å². The van der Waals surface area contributed by atoms with Crippen LogP contribution in [0.25, 0.3) is 0 Å². The molecule has 1 N–H and O–H groups in total. The Morgan fingerprint density at radius 2 is 2.21 bits per heavy atom. The predicted molar refractivity (Wildman–Crippen MR) is 59.5 cm³/mol. The van der Waals surface area contributed by atoms with E-state index in [9.17, 15) is 5.11 Å². The van der Waals surface area contributed by atoms with Crippen LogP contribution < -0.4 is 0 Å². The minimum absolute atomic E-state index is 0.579. The van der Waals surface area contributed by atoms with Gasteiger partial charge in [-0.25, -0.2) is 0 Å². The zero-order valence-electron chi connectivity index (χ0n) is 7.53. The Hall–Kier alpha value is -0.580. The minimum atomic E-state index is -0.579. The van der Waals surface area contributed by atoms with Crippen molar-refractivity contribution in [1.82, 2.24) is 0 Å². The van der Waals surface area contributed by atoms with Gasteiger partial charge in [0.15, 0.2) is 0 Å². The lowest BCUT2D eigenvalue weighted by atomic mass is 10.1. The minimum Gasteiger partial charge on any atom is -0.469 e. The van der Waals surface area contributed by atoms with Gasteiger partial charge in [-0.05, 0) is 41.1 Å². The monoisotopic (exact) mass is 272 g/mol. The second kappa shape index (κ2) is 3.88. The van der Waals surface area contributed by atoms with Gasteiger partial charge >= 0.3 is 0 Å². The van der Waals surface area contributed by atoms with Gasteiger partial charge in [-0.15, -0.1) is 11.3 Å². The fourth-order valence-corrected chi connectivity index (χ4v) is 2.74. The fraction of sp³-hybridized carbons (Fsp3) is 0.200. The second-order valence-electron chi connectivity index (χ2n) is 2.98. The van der Waals surface area contributed by atoms with E-state index in [-0.39, 0.29) is 0 Å². The maximum absolute atomic E-state index is 10.0. The Morgan fingerprint density at radius 1 is 1.43 bits per heavy atom. The Bertz CT molecular complexity index is 433. The molecule has 2 aromatic rings. The number of aliphatic hydroxyl groups is 1. The molecule has 14 heavy (non-hydrogen) atoms. The van der Waals surface area contributed by atoms with Crippen LogP contribution in [0.2, 0.25) is 0 Å². The van der Waals surface area contributed by atoms with E-state index in [1.54, 1.807) is 12.3 Å². The Kier molecular flexibility index (Phi) is 2.76. The van der Waals surface area contributed by atoms with E-state index in [1.165, 1.54) is 11.3 Å². The summed E-state index contributed by atoms with van der Waals surface area (Å²) < 4.78 is 6.17. The lowest BCUT2D eigenvalue weighted by Gasteiger charge is -2.06. The highest BCUT2D eigenvalue weighted by Crippen LogP contribution is 2.32. The number of halogens is 1. The summed E-state index contributed by atoms with van der Waals surface area (Å²) in [6.07, 6.45) is 1.02. The molecule has 0 aliphatic rings.